The smallest absolute Gasteiger partial charge is 0.242 e. The molecule has 5 heteroatoms. The van der Waals surface area contributed by atoms with E-state index >= 15 is 0 Å². The molecule has 1 aliphatic carbocycles. The maximum absolute atomic E-state index is 5.90. The molecule has 1 aliphatic rings. The van der Waals surface area contributed by atoms with Crippen LogP contribution in [0, 0.1) is 5.92 Å². The first-order valence-corrected chi connectivity index (χ1v) is 5.78. The third kappa shape index (κ3) is 2.35. The molecule has 0 saturated heterocycles. The number of nitrogens with two attached hydrogens (primary N) is 1. The highest BCUT2D eigenvalue weighted by molar-refractivity contribution is 5.66. The summed E-state index contributed by atoms with van der Waals surface area (Å²) in [4.78, 5) is 8.12. The van der Waals surface area contributed by atoms with Crippen LogP contribution in [-0.4, -0.2) is 23.1 Å². The van der Waals surface area contributed by atoms with Gasteiger partial charge in [-0.05, 0) is 25.7 Å². The summed E-state index contributed by atoms with van der Waals surface area (Å²) in [7, 11) is 0. The Bertz CT molecular complexity index is 352. The Kier molecular flexibility index (Phi) is 3.44. The third-order valence-electron chi connectivity index (χ3n) is 2.91. The lowest BCUT2D eigenvalue weighted by Crippen LogP contribution is -2.22. The first-order valence-electron chi connectivity index (χ1n) is 5.78. The number of aromatic nitrogens is 2. The molecule has 2 rings (SSSR count). The topological polar surface area (TPSA) is 73.1 Å². The molecule has 5 nitrogen and oxygen atoms in total. The van der Waals surface area contributed by atoms with Crippen LogP contribution in [0.15, 0.2) is 6.33 Å². The fourth-order valence-electron chi connectivity index (χ4n) is 1.71. The average molecular weight is 222 g/mol. The lowest BCUT2D eigenvalue weighted by molar-refractivity contribution is 0.327. The average Bonchev–Trinajstić information content (AvgIpc) is 2.21. The van der Waals surface area contributed by atoms with Gasteiger partial charge in [-0.15, -0.1) is 0 Å². The fourth-order valence-corrected chi connectivity index (χ4v) is 1.71. The predicted octanol–water partition coefficient (Wildman–Crippen LogP) is 1.67. The summed E-state index contributed by atoms with van der Waals surface area (Å²) in [5, 5.41) is 3.26. The quantitative estimate of drug-likeness (QED) is 0.792. The van der Waals surface area contributed by atoms with E-state index in [2.05, 4.69) is 15.3 Å². The zero-order chi connectivity index (χ0) is 11.4. The largest absolute Gasteiger partial charge is 0.476 e. The number of nitrogens with zero attached hydrogens (tertiary/aromatic N) is 2. The van der Waals surface area contributed by atoms with Crippen molar-refractivity contribution in [2.24, 2.45) is 5.92 Å². The van der Waals surface area contributed by atoms with E-state index in [9.17, 15) is 0 Å². The van der Waals surface area contributed by atoms with Crippen molar-refractivity contribution < 1.29 is 4.74 Å². The minimum absolute atomic E-state index is 0.466. The van der Waals surface area contributed by atoms with Crippen molar-refractivity contribution in [3.8, 4) is 5.88 Å². The van der Waals surface area contributed by atoms with Gasteiger partial charge >= 0.3 is 0 Å². The maximum Gasteiger partial charge on any atom is 0.242 e. The number of nitrogen functional groups attached to an aromatic ring is 1. The van der Waals surface area contributed by atoms with Crippen molar-refractivity contribution in [1.82, 2.24) is 9.97 Å². The highest BCUT2D eigenvalue weighted by atomic mass is 16.5. The first kappa shape index (κ1) is 11.0. The Balaban J connectivity index is 1.98. The van der Waals surface area contributed by atoms with Crippen LogP contribution in [0.3, 0.4) is 0 Å². The van der Waals surface area contributed by atoms with Crippen molar-refractivity contribution in [3.63, 3.8) is 0 Å². The molecule has 16 heavy (non-hydrogen) atoms. The van der Waals surface area contributed by atoms with E-state index in [1.54, 1.807) is 0 Å². The molecule has 0 unspecified atom stereocenters. The Morgan fingerprint density at radius 3 is 2.94 bits per heavy atom. The second-order valence-electron chi connectivity index (χ2n) is 4.05. The Morgan fingerprint density at radius 2 is 2.31 bits per heavy atom. The standard InChI is InChI=1S/C11H18N4O/c1-2-16-11-9(12)10(14-7-15-11)13-6-8-4-3-5-8/h7-8H,2-6,12H2,1H3,(H,13,14,15). The molecule has 1 fully saturated rings. The molecule has 88 valence electrons. The number of nitrogens with one attached hydrogen (secondary N) is 1. The molecule has 0 aromatic carbocycles. The fraction of sp³-hybridized carbons (Fsp3) is 0.636. The highest BCUT2D eigenvalue weighted by Crippen LogP contribution is 2.28. The first-order chi connectivity index (χ1) is 7.81. The van der Waals surface area contributed by atoms with Gasteiger partial charge in [-0.3, -0.25) is 0 Å². The van der Waals surface area contributed by atoms with Gasteiger partial charge in [0.05, 0.1) is 6.61 Å². The number of anilines is 2. The summed E-state index contributed by atoms with van der Waals surface area (Å²) < 4.78 is 5.31. The van der Waals surface area contributed by atoms with E-state index in [-0.39, 0.29) is 0 Å². The molecule has 0 atom stereocenters. The lowest BCUT2D eigenvalue weighted by Gasteiger charge is -2.25. The van der Waals surface area contributed by atoms with Crippen molar-refractivity contribution in [2.75, 3.05) is 24.2 Å². The van der Waals surface area contributed by atoms with E-state index in [1.807, 2.05) is 6.92 Å². The Morgan fingerprint density at radius 1 is 1.50 bits per heavy atom. The van der Waals surface area contributed by atoms with Gasteiger partial charge < -0.3 is 15.8 Å². The molecule has 0 radical (unpaired) electrons. The third-order valence-corrected chi connectivity index (χ3v) is 2.91. The number of rotatable bonds is 5. The molecule has 1 heterocycles. The van der Waals surface area contributed by atoms with Gasteiger partial charge in [0.1, 0.15) is 12.0 Å². The normalized spacial score (nSPS) is 15.6. The molecule has 3 N–H and O–H groups in total. The van der Waals surface area contributed by atoms with E-state index < -0.39 is 0 Å². The molecule has 0 bridgehead atoms. The Hall–Kier alpha value is -1.52. The van der Waals surface area contributed by atoms with Crippen molar-refractivity contribution >= 4 is 11.5 Å². The van der Waals surface area contributed by atoms with Crippen LogP contribution in [0.1, 0.15) is 26.2 Å². The number of ether oxygens (including phenoxy) is 1. The summed E-state index contributed by atoms with van der Waals surface area (Å²) in [6, 6.07) is 0. The second-order valence-corrected chi connectivity index (χ2v) is 4.05. The summed E-state index contributed by atoms with van der Waals surface area (Å²) >= 11 is 0. The summed E-state index contributed by atoms with van der Waals surface area (Å²) in [6.45, 7) is 3.40. The lowest BCUT2D eigenvalue weighted by atomic mass is 9.85. The molecule has 1 saturated carbocycles. The van der Waals surface area contributed by atoms with Crippen LogP contribution in [0.25, 0.3) is 0 Å². The van der Waals surface area contributed by atoms with E-state index in [4.69, 9.17) is 10.5 Å². The van der Waals surface area contributed by atoms with E-state index in [0.717, 1.165) is 12.5 Å². The molecule has 0 aliphatic heterocycles. The van der Waals surface area contributed by atoms with Crippen molar-refractivity contribution in [3.05, 3.63) is 6.33 Å². The van der Waals surface area contributed by atoms with Gasteiger partial charge in [0.15, 0.2) is 5.82 Å². The molecule has 0 spiro atoms. The van der Waals surface area contributed by atoms with Crippen LogP contribution in [-0.2, 0) is 0 Å². The van der Waals surface area contributed by atoms with Crippen LogP contribution < -0.4 is 15.8 Å². The second kappa shape index (κ2) is 5.01. The zero-order valence-corrected chi connectivity index (χ0v) is 9.57. The van der Waals surface area contributed by atoms with Crippen molar-refractivity contribution in [1.29, 1.82) is 0 Å². The van der Waals surface area contributed by atoms with Gasteiger partial charge in [0.25, 0.3) is 0 Å². The van der Waals surface area contributed by atoms with Gasteiger partial charge in [-0.2, -0.15) is 4.98 Å². The maximum atomic E-state index is 5.90. The molecule has 0 amide bonds. The summed E-state index contributed by atoms with van der Waals surface area (Å²) in [5.74, 6) is 1.92. The van der Waals surface area contributed by atoms with E-state index in [1.165, 1.54) is 25.6 Å². The van der Waals surface area contributed by atoms with Crippen LogP contribution in [0.4, 0.5) is 11.5 Å². The monoisotopic (exact) mass is 222 g/mol. The predicted molar refractivity (Wildman–Crippen MR) is 63.4 cm³/mol. The van der Waals surface area contributed by atoms with Crippen LogP contribution in [0.2, 0.25) is 0 Å². The van der Waals surface area contributed by atoms with Gasteiger partial charge in [0, 0.05) is 6.54 Å². The van der Waals surface area contributed by atoms with Gasteiger partial charge in [-0.25, -0.2) is 4.98 Å². The Labute approximate surface area is 95.4 Å². The summed E-state index contributed by atoms with van der Waals surface area (Å²) in [6.07, 6.45) is 5.42. The highest BCUT2D eigenvalue weighted by Gasteiger charge is 2.18. The molecular formula is C11H18N4O. The number of hydrogen-bond acceptors (Lipinski definition) is 5. The number of hydrogen-bond donors (Lipinski definition) is 2. The van der Waals surface area contributed by atoms with Gasteiger partial charge in [0.2, 0.25) is 5.88 Å². The molecule has 1 aromatic heterocycles. The zero-order valence-electron chi connectivity index (χ0n) is 9.57. The molecule has 1 aromatic rings. The van der Waals surface area contributed by atoms with Crippen molar-refractivity contribution in [2.45, 2.75) is 26.2 Å². The van der Waals surface area contributed by atoms with Crippen LogP contribution >= 0.6 is 0 Å². The van der Waals surface area contributed by atoms with E-state index in [0.29, 0.717) is 24.0 Å². The summed E-state index contributed by atoms with van der Waals surface area (Å²) in [5.41, 5.74) is 6.41. The minimum Gasteiger partial charge on any atom is -0.476 e. The van der Waals surface area contributed by atoms with Crippen LogP contribution in [0.5, 0.6) is 5.88 Å². The minimum atomic E-state index is 0.466. The molecular weight excluding hydrogens is 204 g/mol. The SMILES string of the molecule is CCOc1ncnc(NCC2CCC2)c1N. The van der Waals surface area contributed by atoms with Gasteiger partial charge in [-0.1, -0.05) is 6.42 Å².